The van der Waals surface area contributed by atoms with E-state index in [4.69, 9.17) is 4.74 Å². The van der Waals surface area contributed by atoms with Crippen LogP contribution in [0.4, 0.5) is 10.5 Å². The summed E-state index contributed by atoms with van der Waals surface area (Å²) in [7, 11) is 0. The number of nitrogens with zero attached hydrogens (tertiary/aromatic N) is 2. The Morgan fingerprint density at radius 3 is 2.79 bits per heavy atom. The van der Waals surface area contributed by atoms with Gasteiger partial charge in [-0.25, -0.2) is 4.79 Å². The number of aromatic nitrogens is 1. The highest BCUT2D eigenvalue weighted by molar-refractivity contribution is 5.89. The van der Waals surface area contributed by atoms with Crippen LogP contribution in [0.25, 0.3) is 0 Å². The third-order valence-electron chi connectivity index (χ3n) is 4.51. The van der Waals surface area contributed by atoms with E-state index in [1.54, 1.807) is 35.4 Å². The van der Waals surface area contributed by atoms with Gasteiger partial charge in [0.1, 0.15) is 12.7 Å². The number of benzene rings is 1. The Morgan fingerprint density at radius 1 is 1.32 bits per heavy atom. The first-order valence-electron chi connectivity index (χ1n) is 9.18. The predicted molar refractivity (Wildman–Crippen MR) is 103 cm³/mol. The Morgan fingerprint density at radius 2 is 2.11 bits per heavy atom. The summed E-state index contributed by atoms with van der Waals surface area (Å²) < 4.78 is 5.37. The van der Waals surface area contributed by atoms with E-state index in [9.17, 15) is 14.7 Å². The van der Waals surface area contributed by atoms with Crippen molar-refractivity contribution in [3.8, 4) is 0 Å². The predicted octanol–water partition coefficient (Wildman–Crippen LogP) is 1.68. The van der Waals surface area contributed by atoms with Crippen molar-refractivity contribution in [1.29, 1.82) is 0 Å². The standard InChI is InChI=1S/C20H24N4O4/c1-2-21-20(27)23-15-8-6-14(7-9-15)19(26)17-12-28-13-18(25)24(17)11-16-5-3-4-10-22-16/h3-10,17,19,26H,2,11-13H2,1H3,(H2,21,23,27). The molecule has 2 unspecified atom stereocenters. The van der Waals surface area contributed by atoms with Crippen LogP contribution in [0.1, 0.15) is 24.3 Å². The first-order valence-corrected chi connectivity index (χ1v) is 9.18. The normalized spacial score (nSPS) is 17.9. The number of anilines is 1. The molecule has 1 aliphatic rings. The van der Waals surface area contributed by atoms with E-state index < -0.39 is 12.1 Å². The van der Waals surface area contributed by atoms with E-state index in [1.807, 2.05) is 25.1 Å². The molecule has 0 aliphatic carbocycles. The molecular formula is C20H24N4O4. The van der Waals surface area contributed by atoms with Crippen molar-refractivity contribution in [3.05, 3.63) is 59.9 Å². The summed E-state index contributed by atoms with van der Waals surface area (Å²) in [6.07, 6.45) is 0.748. The molecule has 0 radical (unpaired) electrons. The zero-order valence-corrected chi connectivity index (χ0v) is 15.7. The Hall–Kier alpha value is -2.97. The van der Waals surface area contributed by atoms with Gasteiger partial charge in [-0.3, -0.25) is 9.78 Å². The van der Waals surface area contributed by atoms with Gasteiger partial charge >= 0.3 is 6.03 Å². The maximum absolute atomic E-state index is 12.4. The van der Waals surface area contributed by atoms with Crippen LogP contribution in [0, 0.1) is 0 Å². The Labute approximate surface area is 163 Å². The van der Waals surface area contributed by atoms with E-state index in [1.165, 1.54) is 0 Å². The molecule has 1 aromatic carbocycles. The lowest BCUT2D eigenvalue weighted by Gasteiger charge is -2.38. The second-order valence-electron chi connectivity index (χ2n) is 6.48. The summed E-state index contributed by atoms with van der Waals surface area (Å²) in [5, 5.41) is 16.2. The minimum absolute atomic E-state index is 0.00848. The molecule has 2 aromatic rings. The quantitative estimate of drug-likeness (QED) is 0.703. The average molecular weight is 384 g/mol. The SMILES string of the molecule is CCNC(=O)Nc1ccc(C(O)C2COCC(=O)N2Cc2ccccn2)cc1. The summed E-state index contributed by atoms with van der Waals surface area (Å²) in [4.78, 5) is 29.9. The van der Waals surface area contributed by atoms with Crippen LogP contribution in [-0.4, -0.2) is 52.7 Å². The molecular weight excluding hydrogens is 360 g/mol. The van der Waals surface area contributed by atoms with Gasteiger partial charge in [-0.1, -0.05) is 18.2 Å². The maximum atomic E-state index is 12.4. The second-order valence-corrected chi connectivity index (χ2v) is 6.48. The molecule has 0 saturated carbocycles. The number of aliphatic hydroxyl groups is 1. The van der Waals surface area contributed by atoms with Crippen molar-refractivity contribution in [1.82, 2.24) is 15.2 Å². The highest BCUT2D eigenvalue weighted by Gasteiger charge is 2.34. The fourth-order valence-electron chi connectivity index (χ4n) is 3.08. The fraction of sp³-hybridized carbons (Fsp3) is 0.350. The first-order chi connectivity index (χ1) is 13.6. The lowest BCUT2D eigenvalue weighted by Crippen LogP contribution is -2.51. The van der Waals surface area contributed by atoms with Gasteiger partial charge in [0.2, 0.25) is 5.91 Å². The number of amides is 3. The maximum Gasteiger partial charge on any atom is 0.319 e. The minimum atomic E-state index is -0.925. The topological polar surface area (TPSA) is 104 Å². The number of urea groups is 1. The molecule has 2 heterocycles. The zero-order valence-electron chi connectivity index (χ0n) is 15.7. The number of ether oxygens (including phenoxy) is 1. The van der Waals surface area contributed by atoms with E-state index >= 15 is 0 Å². The van der Waals surface area contributed by atoms with Crippen LogP contribution >= 0.6 is 0 Å². The van der Waals surface area contributed by atoms with Crippen LogP contribution < -0.4 is 10.6 Å². The van der Waals surface area contributed by atoms with Gasteiger partial charge in [-0.15, -0.1) is 0 Å². The number of hydrogen-bond donors (Lipinski definition) is 3. The molecule has 8 nitrogen and oxygen atoms in total. The zero-order chi connectivity index (χ0) is 19.9. The van der Waals surface area contributed by atoms with Crippen LogP contribution in [0.5, 0.6) is 0 Å². The molecule has 0 spiro atoms. The molecule has 1 aliphatic heterocycles. The second kappa shape index (κ2) is 9.29. The Bertz CT molecular complexity index is 798. The number of carbonyl (C=O) groups excluding carboxylic acids is 2. The molecule has 28 heavy (non-hydrogen) atoms. The Balaban J connectivity index is 1.72. The number of nitrogens with one attached hydrogen (secondary N) is 2. The highest BCUT2D eigenvalue weighted by atomic mass is 16.5. The monoisotopic (exact) mass is 384 g/mol. The van der Waals surface area contributed by atoms with Crippen molar-refractivity contribution in [2.45, 2.75) is 25.6 Å². The lowest BCUT2D eigenvalue weighted by molar-refractivity contribution is -0.155. The summed E-state index contributed by atoms with van der Waals surface area (Å²) in [5.74, 6) is -0.185. The van der Waals surface area contributed by atoms with Crippen molar-refractivity contribution in [2.24, 2.45) is 0 Å². The molecule has 3 N–H and O–H groups in total. The lowest BCUT2D eigenvalue weighted by atomic mass is 9.99. The van der Waals surface area contributed by atoms with Gasteiger partial charge in [0.15, 0.2) is 0 Å². The summed E-state index contributed by atoms with van der Waals surface area (Å²) in [5.41, 5.74) is 2.00. The number of carbonyl (C=O) groups is 2. The third-order valence-corrected chi connectivity index (χ3v) is 4.51. The van der Waals surface area contributed by atoms with Crippen molar-refractivity contribution in [2.75, 3.05) is 25.1 Å². The Kier molecular flexibility index (Phi) is 6.57. The highest BCUT2D eigenvalue weighted by Crippen LogP contribution is 2.26. The average Bonchev–Trinajstić information content (AvgIpc) is 2.70. The molecule has 0 bridgehead atoms. The number of aliphatic hydroxyl groups excluding tert-OH is 1. The summed E-state index contributed by atoms with van der Waals surface area (Å²) >= 11 is 0. The molecule has 8 heteroatoms. The van der Waals surface area contributed by atoms with Crippen molar-refractivity contribution < 1.29 is 19.4 Å². The van der Waals surface area contributed by atoms with E-state index in [-0.39, 0.29) is 25.2 Å². The molecule has 3 rings (SSSR count). The number of pyridine rings is 1. The van der Waals surface area contributed by atoms with Crippen molar-refractivity contribution in [3.63, 3.8) is 0 Å². The van der Waals surface area contributed by atoms with Crippen LogP contribution in [0.15, 0.2) is 48.7 Å². The number of morpholine rings is 1. The van der Waals surface area contributed by atoms with Gasteiger partial charge < -0.3 is 25.4 Å². The van der Waals surface area contributed by atoms with Crippen LogP contribution in [0.3, 0.4) is 0 Å². The van der Waals surface area contributed by atoms with Gasteiger partial charge in [0.25, 0.3) is 0 Å². The number of rotatable bonds is 6. The van der Waals surface area contributed by atoms with Gasteiger partial charge in [0.05, 0.1) is 24.9 Å². The molecule has 1 aromatic heterocycles. The molecule has 3 amide bonds. The van der Waals surface area contributed by atoms with Crippen LogP contribution in [0.2, 0.25) is 0 Å². The molecule has 1 fully saturated rings. The smallest absolute Gasteiger partial charge is 0.319 e. The van der Waals surface area contributed by atoms with Crippen LogP contribution in [-0.2, 0) is 16.1 Å². The molecule has 2 atom stereocenters. The largest absolute Gasteiger partial charge is 0.386 e. The van der Waals surface area contributed by atoms with E-state index in [0.717, 1.165) is 5.69 Å². The third kappa shape index (κ3) is 4.85. The fourth-order valence-corrected chi connectivity index (χ4v) is 3.08. The van der Waals surface area contributed by atoms with Gasteiger partial charge in [-0.05, 0) is 36.8 Å². The molecule has 148 valence electrons. The van der Waals surface area contributed by atoms with E-state index in [2.05, 4.69) is 15.6 Å². The van der Waals surface area contributed by atoms with Crippen molar-refractivity contribution >= 4 is 17.6 Å². The summed E-state index contributed by atoms with van der Waals surface area (Å²) in [6.45, 7) is 2.90. The number of hydrogen-bond acceptors (Lipinski definition) is 5. The minimum Gasteiger partial charge on any atom is -0.386 e. The van der Waals surface area contributed by atoms with Gasteiger partial charge in [0, 0.05) is 18.4 Å². The first kappa shape index (κ1) is 19.8. The van der Waals surface area contributed by atoms with E-state index in [0.29, 0.717) is 24.3 Å². The van der Waals surface area contributed by atoms with Gasteiger partial charge in [-0.2, -0.15) is 0 Å². The summed E-state index contributed by atoms with van der Waals surface area (Å²) in [6, 6.07) is 11.6. The molecule has 1 saturated heterocycles.